The van der Waals surface area contributed by atoms with Crippen molar-refractivity contribution in [3.63, 3.8) is 0 Å². The summed E-state index contributed by atoms with van der Waals surface area (Å²) >= 11 is 0. The lowest BCUT2D eigenvalue weighted by atomic mass is 10.0. The zero-order valence-corrected chi connectivity index (χ0v) is 8.86. The number of hydrogen-bond donors (Lipinski definition) is 2. The largest absolute Gasteiger partial charge is 0.478 e. The number of hydrogen-bond acceptors (Lipinski definition) is 3. The second-order valence-corrected chi connectivity index (χ2v) is 3.74. The van der Waals surface area contributed by atoms with Crippen molar-refractivity contribution >= 4 is 17.7 Å². The summed E-state index contributed by atoms with van der Waals surface area (Å²) in [6.45, 7) is 0. The number of aliphatic carboxylic acids is 1. The van der Waals surface area contributed by atoms with Crippen molar-refractivity contribution < 1.29 is 27.8 Å². The van der Waals surface area contributed by atoms with Crippen molar-refractivity contribution in [3.8, 4) is 5.75 Å². The first-order chi connectivity index (χ1) is 8.29. The van der Waals surface area contributed by atoms with Crippen LogP contribution >= 0.6 is 0 Å². The molecule has 0 radical (unpaired) electrons. The quantitative estimate of drug-likeness (QED) is 0.757. The lowest BCUT2D eigenvalue weighted by molar-refractivity contribution is -0.187. The molecular formula is C11H8F3NO3. The van der Waals surface area contributed by atoms with Crippen LogP contribution in [0.2, 0.25) is 0 Å². The smallest absolute Gasteiger partial charge is 0.430 e. The van der Waals surface area contributed by atoms with Gasteiger partial charge in [-0.05, 0) is 24.3 Å². The molecule has 2 rings (SSSR count). The van der Waals surface area contributed by atoms with E-state index in [1.54, 1.807) is 0 Å². The molecule has 1 aliphatic rings. The predicted octanol–water partition coefficient (Wildman–Crippen LogP) is 2.06. The fourth-order valence-corrected chi connectivity index (χ4v) is 1.64. The molecule has 0 bridgehead atoms. The predicted molar refractivity (Wildman–Crippen MR) is 56.9 cm³/mol. The summed E-state index contributed by atoms with van der Waals surface area (Å²) in [6.07, 6.45) is -6.33. The van der Waals surface area contributed by atoms with Gasteiger partial charge in [-0.2, -0.15) is 13.2 Å². The Bertz CT molecular complexity index is 537. The molecule has 1 unspecified atom stereocenters. The summed E-state index contributed by atoms with van der Waals surface area (Å²) in [4.78, 5) is 10.8. The molecule has 4 nitrogen and oxygen atoms in total. The maximum Gasteiger partial charge on any atom is 0.430 e. The van der Waals surface area contributed by atoms with Gasteiger partial charge in [-0.1, -0.05) is 0 Å². The number of rotatable bonds is 1. The van der Waals surface area contributed by atoms with Gasteiger partial charge in [-0.3, -0.25) is 0 Å². The highest BCUT2D eigenvalue weighted by Crippen LogP contribution is 2.37. The van der Waals surface area contributed by atoms with Gasteiger partial charge in [0.15, 0.2) is 0 Å². The highest BCUT2D eigenvalue weighted by molar-refractivity contribution is 5.95. The molecule has 1 aromatic rings. The third-order valence-electron chi connectivity index (χ3n) is 2.42. The van der Waals surface area contributed by atoms with Gasteiger partial charge >= 0.3 is 12.1 Å². The van der Waals surface area contributed by atoms with Crippen LogP contribution in [-0.4, -0.2) is 23.4 Å². The van der Waals surface area contributed by atoms with Gasteiger partial charge in [0.05, 0.1) is 5.57 Å². The van der Waals surface area contributed by atoms with E-state index in [2.05, 4.69) is 0 Å². The number of nitrogens with two attached hydrogens (primary N) is 1. The summed E-state index contributed by atoms with van der Waals surface area (Å²) in [5.41, 5.74) is 5.13. The summed E-state index contributed by atoms with van der Waals surface area (Å²) in [6, 6.07) is 4.01. The highest BCUT2D eigenvalue weighted by Gasteiger charge is 2.48. The zero-order chi connectivity index (χ0) is 13.5. The first-order valence-electron chi connectivity index (χ1n) is 4.87. The molecule has 1 aromatic carbocycles. The van der Waals surface area contributed by atoms with Crippen molar-refractivity contribution in [2.45, 2.75) is 12.3 Å². The van der Waals surface area contributed by atoms with E-state index in [0.29, 0.717) is 5.69 Å². The number of ether oxygens (including phenoxy) is 1. The normalized spacial score (nSPS) is 18.6. The Kier molecular flexibility index (Phi) is 2.68. The minimum Gasteiger partial charge on any atom is -0.478 e. The van der Waals surface area contributed by atoms with Crippen molar-refractivity contribution in [3.05, 3.63) is 29.3 Å². The number of fused-ring (bicyclic) bond motifs is 1. The van der Waals surface area contributed by atoms with Crippen molar-refractivity contribution in [1.29, 1.82) is 0 Å². The lowest BCUT2D eigenvalue weighted by Crippen LogP contribution is -2.40. The van der Waals surface area contributed by atoms with Gasteiger partial charge in [0, 0.05) is 11.3 Å². The standard InChI is InChI=1S/C11H8F3NO3/c12-11(13,14)9-7(10(16)17)4-5-3-6(15)1-2-8(5)18-9/h1-4,9H,15H2,(H,16,17). The maximum absolute atomic E-state index is 12.7. The molecule has 18 heavy (non-hydrogen) atoms. The van der Waals surface area contributed by atoms with E-state index in [1.807, 2.05) is 0 Å². The Morgan fingerprint density at radius 3 is 2.61 bits per heavy atom. The molecule has 0 saturated carbocycles. The van der Waals surface area contributed by atoms with Crippen LogP contribution in [0.15, 0.2) is 23.8 Å². The zero-order valence-electron chi connectivity index (χ0n) is 8.86. The number of anilines is 1. The van der Waals surface area contributed by atoms with Crippen molar-refractivity contribution in [2.24, 2.45) is 0 Å². The number of benzene rings is 1. The topological polar surface area (TPSA) is 72.6 Å². The van der Waals surface area contributed by atoms with Crippen LogP contribution < -0.4 is 10.5 Å². The molecule has 0 fully saturated rings. The van der Waals surface area contributed by atoms with Gasteiger partial charge < -0.3 is 15.6 Å². The highest BCUT2D eigenvalue weighted by atomic mass is 19.4. The van der Waals surface area contributed by atoms with E-state index in [0.717, 1.165) is 6.08 Å². The molecule has 0 spiro atoms. The molecule has 3 N–H and O–H groups in total. The second kappa shape index (κ2) is 3.94. The molecular weight excluding hydrogens is 251 g/mol. The fourth-order valence-electron chi connectivity index (χ4n) is 1.64. The van der Waals surface area contributed by atoms with Crippen LogP contribution in [0.3, 0.4) is 0 Å². The van der Waals surface area contributed by atoms with Crippen LogP contribution in [0.5, 0.6) is 5.75 Å². The van der Waals surface area contributed by atoms with E-state index >= 15 is 0 Å². The first-order valence-corrected chi connectivity index (χ1v) is 4.87. The van der Waals surface area contributed by atoms with Crippen molar-refractivity contribution in [2.75, 3.05) is 5.73 Å². The first kappa shape index (κ1) is 12.3. The SMILES string of the molecule is Nc1ccc2c(c1)C=C(C(=O)O)C(C(F)(F)F)O2. The number of nitrogen functional groups attached to an aromatic ring is 1. The molecule has 0 aliphatic carbocycles. The van der Waals surface area contributed by atoms with Crippen molar-refractivity contribution in [1.82, 2.24) is 0 Å². The van der Waals surface area contributed by atoms with E-state index in [1.165, 1.54) is 18.2 Å². The molecule has 96 valence electrons. The van der Waals surface area contributed by atoms with E-state index in [4.69, 9.17) is 15.6 Å². The minimum atomic E-state index is -4.79. The second-order valence-electron chi connectivity index (χ2n) is 3.74. The van der Waals surface area contributed by atoms with E-state index < -0.39 is 23.8 Å². The lowest BCUT2D eigenvalue weighted by Gasteiger charge is -2.27. The van der Waals surface area contributed by atoms with Crippen LogP contribution in [0.25, 0.3) is 6.08 Å². The number of alkyl halides is 3. The molecule has 0 amide bonds. The van der Waals surface area contributed by atoms with E-state index in [9.17, 15) is 18.0 Å². The summed E-state index contributed by atoms with van der Waals surface area (Å²) < 4.78 is 42.7. The van der Waals surface area contributed by atoms with Gasteiger partial charge in [0.1, 0.15) is 5.75 Å². The van der Waals surface area contributed by atoms with Crippen LogP contribution in [0.1, 0.15) is 5.56 Å². The Hall–Kier alpha value is -2.18. The number of carboxylic acids is 1. The molecule has 1 atom stereocenters. The van der Waals surface area contributed by atoms with Crippen LogP contribution in [0, 0.1) is 0 Å². The molecule has 1 heterocycles. The molecule has 0 aromatic heterocycles. The fraction of sp³-hybridized carbons (Fsp3) is 0.182. The molecule has 7 heteroatoms. The number of carboxylic acid groups (broad SMARTS) is 1. The van der Waals surface area contributed by atoms with Gasteiger partial charge in [-0.25, -0.2) is 4.79 Å². The minimum absolute atomic E-state index is 0.0449. The third-order valence-corrected chi connectivity index (χ3v) is 2.42. The Balaban J connectivity index is 2.53. The third kappa shape index (κ3) is 2.11. The van der Waals surface area contributed by atoms with Gasteiger partial charge in [-0.15, -0.1) is 0 Å². The number of carbonyl (C=O) groups is 1. The van der Waals surface area contributed by atoms with E-state index in [-0.39, 0.29) is 11.3 Å². The average Bonchev–Trinajstić information content (AvgIpc) is 2.25. The Morgan fingerprint density at radius 1 is 1.39 bits per heavy atom. The molecule has 0 saturated heterocycles. The Morgan fingerprint density at radius 2 is 2.06 bits per heavy atom. The van der Waals surface area contributed by atoms with Gasteiger partial charge in [0.25, 0.3) is 0 Å². The van der Waals surface area contributed by atoms with Gasteiger partial charge in [0.2, 0.25) is 6.10 Å². The summed E-state index contributed by atoms with van der Waals surface area (Å²) in [5.74, 6) is -1.72. The van der Waals surface area contributed by atoms with Crippen LogP contribution in [-0.2, 0) is 4.79 Å². The summed E-state index contributed by atoms with van der Waals surface area (Å²) in [5, 5.41) is 8.79. The monoisotopic (exact) mass is 259 g/mol. The Labute approximate surface area is 99.5 Å². The van der Waals surface area contributed by atoms with Crippen LogP contribution in [0.4, 0.5) is 18.9 Å². The maximum atomic E-state index is 12.7. The summed E-state index contributed by atoms with van der Waals surface area (Å²) in [7, 11) is 0. The molecule has 1 aliphatic heterocycles. The number of halogens is 3. The average molecular weight is 259 g/mol.